The second kappa shape index (κ2) is 36.8. The van der Waals surface area contributed by atoms with E-state index < -0.39 is 55.9 Å². The highest BCUT2D eigenvalue weighted by Gasteiger charge is 2.40. The first-order valence-electron chi connectivity index (χ1n) is 31.7. The standard InChI is InChI=1S/C71H83I2N5O18/c1-87-58-35-49(36-59(88-2)66(58)91-5)64(72)68(83)77-30-9-7-19-54(77)70(85)95-56(25-22-44-21-24-48(40-79)51(32-44)41-80)46-15-11-17-52(33-46)93-42-62(81)75-28-29-76-63(82)43-94-53-18-12-16-47(34-53)57(26-23-45-14-13-27-74-39-45)96-71(86)55-20-8-10-31-78(55)69(84)65(73)50-37-60(89-3)67(92-6)61(38-50)90-4/h11-18,21,24,27,32-39,54-57,64-65,79-80H,7-10,19-20,22-23,25-26,28-31,40-43H2,1-6H3,(H,75,81)(H,76,82)/t54-,55-,56+,57+,64-,65-/m0/s1. The van der Waals surface area contributed by atoms with Gasteiger partial charge in [-0.05, 0) is 163 Å². The highest BCUT2D eigenvalue weighted by Crippen LogP contribution is 2.44. The number of aryl methyl sites for hydroxylation is 2. The summed E-state index contributed by atoms with van der Waals surface area (Å²) in [4.78, 5) is 91.2. The molecule has 3 heterocycles. The van der Waals surface area contributed by atoms with Crippen LogP contribution < -0.4 is 48.5 Å². The SMILES string of the molecule is COc1cc([C@H](I)C(=O)N2CCCC[C@H]2C(=O)O[C@H](CCc2cccnc2)c2cccc(OCC(=O)NCCNC(=O)COc3cccc([C@@H](CCc4ccc(CO)c(CO)c4)OC(=O)[C@@H]4CCCCN4C(=O)[C@@H](I)c4cc(OC)c(OC)c(OC)c4)c3)c2)cc(OC)c1OC. The van der Waals surface area contributed by atoms with Crippen molar-refractivity contribution in [3.8, 4) is 46.0 Å². The first kappa shape index (κ1) is 73.7. The summed E-state index contributed by atoms with van der Waals surface area (Å²) in [6.45, 7) is -0.408. The monoisotopic (exact) mass is 1550 g/mol. The first-order valence-corrected chi connectivity index (χ1v) is 34.1. The molecular weight excluding hydrogens is 1460 g/mol. The third kappa shape index (κ3) is 19.5. The number of aromatic nitrogens is 1. The minimum Gasteiger partial charge on any atom is -0.493 e. The van der Waals surface area contributed by atoms with Gasteiger partial charge in [-0.15, -0.1) is 0 Å². The number of carbonyl (C=O) groups excluding carboxylic acids is 6. The van der Waals surface area contributed by atoms with E-state index in [1.807, 2.05) is 24.3 Å². The quantitative estimate of drug-likeness (QED) is 0.0129. The van der Waals surface area contributed by atoms with E-state index >= 15 is 0 Å². The Hall–Kier alpha value is -8.15. The molecule has 0 spiro atoms. The van der Waals surface area contributed by atoms with E-state index in [0.717, 1.165) is 24.0 Å². The van der Waals surface area contributed by atoms with Gasteiger partial charge < -0.3 is 78.0 Å². The molecule has 2 saturated heterocycles. The second-order valence-electron chi connectivity index (χ2n) is 22.9. The summed E-state index contributed by atoms with van der Waals surface area (Å²) in [6, 6.07) is 28.2. The average molecular weight is 1550 g/mol. The molecule has 25 heteroatoms. The molecule has 8 rings (SSSR count). The van der Waals surface area contributed by atoms with E-state index in [2.05, 4.69) is 60.8 Å². The van der Waals surface area contributed by atoms with Crippen molar-refractivity contribution in [1.29, 1.82) is 0 Å². The minimum atomic E-state index is -0.885. The lowest BCUT2D eigenvalue weighted by Crippen LogP contribution is -2.49. The number of aliphatic hydroxyl groups excluding tert-OH is 2. The molecule has 0 saturated carbocycles. The number of aliphatic hydroxyl groups is 2. The van der Waals surface area contributed by atoms with Gasteiger partial charge in [-0.25, -0.2) is 9.59 Å². The zero-order chi connectivity index (χ0) is 68.7. The molecule has 96 heavy (non-hydrogen) atoms. The predicted octanol–water partition coefficient (Wildman–Crippen LogP) is 9.36. The fraction of sp³-hybridized carbons (Fsp3) is 0.423. The number of nitrogens with one attached hydrogen (secondary N) is 2. The van der Waals surface area contributed by atoms with Crippen LogP contribution in [-0.4, -0.2) is 155 Å². The third-order valence-electron chi connectivity index (χ3n) is 16.7. The molecule has 0 aliphatic carbocycles. The number of hydrogen-bond acceptors (Lipinski definition) is 19. The third-order valence-corrected chi connectivity index (χ3v) is 19.2. The molecule has 0 radical (unpaired) electrons. The lowest BCUT2D eigenvalue weighted by molar-refractivity contribution is -0.162. The van der Waals surface area contributed by atoms with Crippen LogP contribution in [0.4, 0.5) is 0 Å². The van der Waals surface area contributed by atoms with Gasteiger partial charge in [0.1, 0.15) is 43.6 Å². The maximum Gasteiger partial charge on any atom is 0.329 e. The fourth-order valence-corrected chi connectivity index (χ4v) is 13.1. The molecule has 23 nitrogen and oxygen atoms in total. The van der Waals surface area contributed by atoms with E-state index in [1.165, 1.54) is 42.7 Å². The van der Waals surface area contributed by atoms with Gasteiger partial charge in [-0.1, -0.05) is 93.7 Å². The molecular formula is C71H83I2N5O18. The molecule has 0 unspecified atom stereocenters. The number of pyridine rings is 1. The van der Waals surface area contributed by atoms with Crippen LogP contribution in [0.5, 0.6) is 46.0 Å². The summed E-state index contributed by atoms with van der Waals surface area (Å²) in [7, 11) is 9.01. The molecule has 2 fully saturated rings. The van der Waals surface area contributed by atoms with Crippen molar-refractivity contribution >= 4 is 80.7 Å². The summed E-state index contributed by atoms with van der Waals surface area (Å²) >= 11 is 4.13. The Labute approximate surface area is 586 Å². The van der Waals surface area contributed by atoms with Crippen LogP contribution in [0.15, 0.2) is 116 Å². The molecule has 5 aromatic carbocycles. The number of piperidine rings is 2. The van der Waals surface area contributed by atoms with Gasteiger partial charge in [-0.2, -0.15) is 0 Å². The number of rotatable bonds is 33. The topological polar surface area (TPSA) is 279 Å². The molecule has 4 N–H and O–H groups in total. The van der Waals surface area contributed by atoms with Crippen LogP contribution in [0.1, 0.15) is 116 Å². The number of nitrogens with zero attached hydrogens (tertiary/aromatic N) is 3. The van der Waals surface area contributed by atoms with Crippen molar-refractivity contribution in [3.05, 3.63) is 160 Å². The Morgan fingerprint density at radius 2 is 0.969 bits per heavy atom. The van der Waals surface area contributed by atoms with Crippen LogP contribution in [0, 0.1) is 0 Å². The molecule has 4 amide bonds. The Bertz CT molecular complexity index is 3570. The number of esters is 2. The van der Waals surface area contributed by atoms with Crippen molar-refractivity contribution < 1.29 is 86.3 Å². The van der Waals surface area contributed by atoms with E-state index in [4.69, 9.17) is 47.4 Å². The Morgan fingerprint density at radius 3 is 1.38 bits per heavy atom. The normalized spacial score (nSPS) is 15.7. The number of halogens is 2. The highest BCUT2D eigenvalue weighted by molar-refractivity contribution is 14.1. The van der Waals surface area contributed by atoms with Crippen molar-refractivity contribution in [3.63, 3.8) is 0 Å². The fourth-order valence-electron chi connectivity index (χ4n) is 11.7. The minimum absolute atomic E-state index is 0.0672. The molecule has 0 bridgehead atoms. The van der Waals surface area contributed by atoms with Crippen molar-refractivity contribution in [2.45, 2.75) is 110 Å². The lowest BCUT2D eigenvalue weighted by atomic mass is 9.97. The Balaban J connectivity index is 0.857. The number of hydrogen-bond donors (Lipinski definition) is 4. The maximum absolute atomic E-state index is 14.5. The number of carbonyl (C=O) groups is 6. The summed E-state index contributed by atoms with van der Waals surface area (Å²) < 4.78 is 56.5. The van der Waals surface area contributed by atoms with Gasteiger partial charge in [0.2, 0.25) is 23.3 Å². The summed E-state index contributed by atoms with van der Waals surface area (Å²) in [5, 5.41) is 25.4. The largest absolute Gasteiger partial charge is 0.493 e. The molecule has 6 atom stereocenters. The zero-order valence-corrected chi connectivity index (χ0v) is 59.0. The number of methoxy groups -OCH3 is 6. The molecule has 6 aromatic rings. The van der Waals surface area contributed by atoms with E-state index in [9.17, 15) is 39.0 Å². The van der Waals surface area contributed by atoms with Gasteiger partial charge in [-0.3, -0.25) is 24.2 Å². The number of likely N-dealkylation sites (tertiary alicyclic amines) is 2. The van der Waals surface area contributed by atoms with Gasteiger partial charge in [0.05, 0.1) is 55.9 Å². The maximum atomic E-state index is 14.5. The van der Waals surface area contributed by atoms with Crippen LogP contribution in [0.3, 0.4) is 0 Å². The zero-order valence-electron chi connectivity index (χ0n) is 54.7. The van der Waals surface area contributed by atoms with E-state index in [-0.39, 0.29) is 51.3 Å². The predicted molar refractivity (Wildman–Crippen MR) is 371 cm³/mol. The Kier molecular flexibility index (Phi) is 28.3. The summed E-state index contributed by atoms with van der Waals surface area (Å²) in [5.41, 5.74) is 5.36. The van der Waals surface area contributed by atoms with Crippen molar-refractivity contribution in [1.82, 2.24) is 25.4 Å². The molecule has 514 valence electrons. The number of benzene rings is 5. The van der Waals surface area contributed by atoms with Crippen LogP contribution in [-0.2, 0) is 64.3 Å². The smallest absolute Gasteiger partial charge is 0.329 e. The average Bonchev–Trinajstić information content (AvgIpc) is 0.815. The van der Waals surface area contributed by atoms with Gasteiger partial charge >= 0.3 is 11.9 Å². The number of amides is 4. The molecule has 2 aliphatic rings. The Morgan fingerprint density at radius 1 is 0.521 bits per heavy atom. The number of ether oxygens (including phenoxy) is 10. The second-order valence-corrected chi connectivity index (χ2v) is 25.4. The van der Waals surface area contributed by atoms with Gasteiger partial charge in [0.25, 0.3) is 11.8 Å². The lowest BCUT2D eigenvalue weighted by Gasteiger charge is -2.36. The van der Waals surface area contributed by atoms with Crippen molar-refractivity contribution in [2.75, 3.05) is 82.1 Å². The molecule has 2 aliphatic heterocycles. The van der Waals surface area contributed by atoms with Crippen LogP contribution in [0.2, 0.25) is 0 Å². The van der Waals surface area contributed by atoms with Gasteiger partial charge in [0.15, 0.2) is 36.2 Å². The summed E-state index contributed by atoms with van der Waals surface area (Å²) in [6.07, 6.45) is 7.07. The molecule has 1 aromatic heterocycles. The first-order chi connectivity index (χ1) is 46.5. The number of alkyl halides is 2. The van der Waals surface area contributed by atoms with E-state index in [0.29, 0.717) is 144 Å². The van der Waals surface area contributed by atoms with Gasteiger partial charge in [0, 0.05) is 38.6 Å². The van der Waals surface area contributed by atoms with Crippen LogP contribution >= 0.6 is 45.2 Å². The summed E-state index contributed by atoms with van der Waals surface area (Å²) in [5.74, 6) is 0.453. The highest BCUT2D eigenvalue weighted by atomic mass is 127. The van der Waals surface area contributed by atoms with Crippen molar-refractivity contribution in [2.24, 2.45) is 0 Å². The van der Waals surface area contributed by atoms with Crippen LogP contribution in [0.25, 0.3) is 0 Å². The van der Waals surface area contributed by atoms with E-state index in [1.54, 1.807) is 101 Å².